The average Bonchev–Trinajstić information content (AvgIpc) is 2.80. The van der Waals surface area contributed by atoms with E-state index in [1.165, 1.54) is 5.56 Å². The summed E-state index contributed by atoms with van der Waals surface area (Å²) in [6, 6.07) is 21.8. The molecule has 2 atom stereocenters. The van der Waals surface area contributed by atoms with Crippen LogP contribution in [0.3, 0.4) is 0 Å². The number of hydrogen-bond donors (Lipinski definition) is 0. The highest BCUT2D eigenvalue weighted by Crippen LogP contribution is 2.40. The van der Waals surface area contributed by atoms with Gasteiger partial charge in [-0.1, -0.05) is 24.3 Å². The zero-order chi connectivity index (χ0) is 21.4. The summed E-state index contributed by atoms with van der Waals surface area (Å²) >= 11 is 0. The number of piperidine rings is 1. The van der Waals surface area contributed by atoms with Crippen LogP contribution in [-0.2, 0) is 13.1 Å². The van der Waals surface area contributed by atoms with Gasteiger partial charge in [0.25, 0.3) is 5.56 Å². The minimum atomic E-state index is 0.0773. The van der Waals surface area contributed by atoms with Crippen LogP contribution >= 0.6 is 0 Å². The van der Waals surface area contributed by atoms with E-state index < -0.39 is 0 Å². The van der Waals surface area contributed by atoms with E-state index in [1.54, 1.807) is 13.2 Å². The largest absolute Gasteiger partial charge is 0.497 e. The highest BCUT2D eigenvalue weighted by atomic mass is 16.5. The van der Waals surface area contributed by atoms with Crippen LogP contribution in [0.4, 0.5) is 0 Å². The zero-order valence-corrected chi connectivity index (χ0v) is 17.6. The lowest BCUT2D eigenvalue weighted by Gasteiger charge is -2.43. The van der Waals surface area contributed by atoms with Gasteiger partial charge in [-0.25, -0.2) is 0 Å². The Labute approximate surface area is 182 Å². The molecule has 2 aliphatic heterocycles. The molecule has 156 valence electrons. The molecule has 5 rings (SSSR count). The maximum absolute atomic E-state index is 12.7. The van der Waals surface area contributed by atoms with Gasteiger partial charge in [0.1, 0.15) is 5.75 Å². The second-order valence-corrected chi connectivity index (χ2v) is 8.61. The number of nitriles is 1. The minimum Gasteiger partial charge on any atom is -0.497 e. The average molecular weight is 412 g/mol. The molecular formula is C26H25N3O2. The first-order valence-corrected chi connectivity index (χ1v) is 10.7. The van der Waals surface area contributed by atoms with Gasteiger partial charge in [-0.15, -0.1) is 0 Å². The molecule has 3 heterocycles. The van der Waals surface area contributed by atoms with Crippen LogP contribution in [0.25, 0.3) is 11.1 Å². The molecule has 1 fully saturated rings. The number of pyridine rings is 1. The summed E-state index contributed by atoms with van der Waals surface area (Å²) < 4.78 is 7.26. The maximum atomic E-state index is 12.7. The normalized spacial score (nSPS) is 20.0. The predicted octanol–water partition coefficient (Wildman–Crippen LogP) is 4.01. The van der Waals surface area contributed by atoms with E-state index >= 15 is 0 Å². The molecule has 2 bridgehead atoms. The fourth-order valence-corrected chi connectivity index (χ4v) is 5.23. The van der Waals surface area contributed by atoms with Crippen molar-refractivity contribution >= 4 is 0 Å². The number of methoxy groups -OCH3 is 1. The molecule has 0 aliphatic carbocycles. The second kappa shape index (κ2) is 8.05. The predicted molar refractivity (Wildman–Crippen MR) is 120 cm³/mol. The smallest absolute Gasteiger partial charge is 0.250 e. The Morgan fingerprint density at radius 1 is 1.06 bits per heavy atom. The van der Waals surface area contributed by atoms with E-state index in [2.05, 4.69) is 23.1 Å². The first-order chi connectivity index (χ1) is 15.1. The van der Waals surface area contributed by atoms with Crippen molar-refractivity contribution < 1.29 is 4.74 Å². The summed E-state index contributed by atoms with van der Waals surface area (Å²) in [5.74, 6) is 1.65. The van der Waals surface area contributed by atoms with Crippen LogP contribution in [0.15, 0.2) is 65.5 Å². The van der Waals surface area contributed by atoms with Gasteiger partial charge in [-0.05, 0) is 53.8 Å². The molecule has 5 nitrogen and oxygen atoms in total. The number of likely N-dealkylation sites (tertiary alicyclic amines) is 1. The first kappa shape index (κ1) is 19.6. The molecule has 3 aromatic rings. The van der Waals surface area contributed by atoms with E-state index in [0.29, 0.717) is 17.4 Å². The van der Waals surface area contributed by atoms with Gasteiger partial charge in [0.15, 0.2) is 0 Å². The summed E-state index contributed by atoms with van der Waals surface area (Å²) in [5.41, 5.74) is 5.20. The van der Waals surface area contributed by atoms with Gasteiger partial charge in [-0.3, -0.25) is 9.69 Å². The standard InChI is InChI=1S/C26H25N3O2/c1-31-23-7-5-18(6-8-23)14-28-15-20-12-22(17-28)26-24(9-10-25(30)29(26)16-20)21-4-2-3-19(11-21)13-27/h2-11,20,22H,12,14-17H2,1H3. The SMILES string of the molecule is COc1ccc(CN2CC3CC(C2)c2c(-c4cccc(C#N)c4)ccc(=O)n2C3)cc1. The van der Waals surface area contributed by atoms with Crippen LogP contribution in [0.5, 0.6) is 5.75 Å². The van der Waals surface area contributed by atoms with Gasteiger partial charge in [0.2, 0.25) is 0 Å². The fourth-order valence-electron chi connectivity index (χ4n) is 5.23. The topological polar surface area (TPSA) is 58.3 Å². The second-order valence-electron chi connectivity index (χ2n) is 8.61. The van der Waals surface area contributed by atoms with Crippen molar-refractivity contribution in [3.05, 3.63) is 87.8 Å². The molecule has 0 radical (unpaired) electrons. The highest BCUT2D eigenvalue weighted by Gasteiger charge is 2.36. The number of rotatable bonds is 4. The van der Waals surface area contributed by atoms with Gasteiger partial charge in [0.05, 0.1) is 18.7 Å². The molecule has 2 aliphatic rings. The molecule has 0 spiro atoms. The lowest BCUT2D eigenvalue weighted by Crippen LogP contribution is -2.47. The Kier molecular flexibility index (Phi) is 5.09. The summed E-state index contributed by atoms with van der Waals surface area (Å²) in [7, 11) is 1.68. The first-order valence-electron chi connectivity index (χ1n) is 10.7. The summed E-state index contributed by atoms with van der Waals surface area (Å²) in [6.45, 7) is 3.59. The number of nitrogens with zero attached hydrogens (tertiary/aromatic N) is 3. The van der Waals surface area contributed by atoms with Crippen molar-refractivity contribution in [2.24, 2.45) is 5.92 Å². The van der Waals surface area contributed by atoms with E-state index in [-0.39, 0.29) is 5.56 Å². The Balaban J connectivity index is 1.48. The lowest BCUT2D eigenvalue weighted by atomic mass is 9.80. The molecular weight excluding hydrogens is 386 g/mol. The van der Waals surface area contributed by atoms with Crippen molar-refractivity contribution in [1.82, 2.24) is 9.47 Å². The monoisotopic (exact) mass is 411 g/mol. The number of hydrogen-bond acceptors (Lipinski definition) is 4. The molecule has 0 N–H and O–H groups in total. The molecule has 5 heteroatoms. The molecule has 1 aromatic heterocycles. The number of aromatic nitrogens is 1. The third-order valence-electron chi connectivity index (χ3n) is 6.53. The van der Waals surface area contributed by atoms with Crippen molar-refractivity contribution in [3.63, 3.8) is 0 Å². The van der Waals surface area contributed by atoms with E-state index in [9.17, 15) is 10.1 Å². The van der Waals surface area contributed by atoms with Crippen LogP contribution in [0.1, 0.15) is 29.2 Å². The quantitative estimate of drug-likeness (QED) is 0.651. The summed E-state index contributed by atoms with van der Waals surface area (Å²) in [5, 5.41) is 9.32. The molecule has 0 amide bonds. The lowest BCUT2D eigenvalue weighted by molar-refractivity contribution is 0.115. The van der Waals surface area contributed by atoms with Crippen molar-refractivity contribution in [1.29, 1.82) is 5.26 Å². The van der Waals surface area contributed by atoms with E-state index in [0.717, 1.165) is 55.2 Å². The highest BCUT2D eigenvalue weighted by molar-refractivity contribution is 5.68. The molecule has 2 aromatic carbocycles. The van der Waals surface area contributed by atoms with Crippen LogP contribution in [0, 0.1) is 17.2 Å². The number of benzene rings is 2. The van der Waals surface area contributed by atoms with E-state index in [4.69, 9.17) is 4.74 Å². The van der Waals surface area contributed by atoms with Crippen LogP contribution in [-0.4, -0.2) is 29.7 Å². The summed E-state index contributed by atoms with van der Waals surface area (Å²) in [4.78, 5) is 15.2. The van der Waals surface area contributed by atoms with Crippen molar-refractivity contribution in [2.45, 2.75) is 25.4 Å². The van der Waals surface area contributed by atoms with E-state index in [1.807, 2.05) is 47.0 Å². The van der Waals surface area contributed by atoms with Crippen molar-refractivity contribution in [2.75, 3.05) is 20.2 Å². The van der Waals surface area contributed by atoms with Crippen molar-refractivity contribution in [3.8, 4) is 22.9 Å². The zero-order valence-electron chi connectivity index (χ0n) is 17.6. The maximum Gasteiger partial charge on any atom is 0.250 e. The Morgan fingerprint density at radius 2 is 1.90 bits per heavy atom. The molecule has 1 saturated heterocycles. The van der Waals surface area contributed by atoms with Gasteiger partial charge >= 0.3 is 0 Å². The molecule has 31 heavy (non-hydrogen) atoms. The third kappa shape index (κ3) is 3.75. The fraction of sp³-hybridized carbons (Fsp3) is 0.308. The Morgan fingerprint density at radius 3 is 2.68 bits per heavy atom. The summed E-state index contributed by atoms with van der Waals surface area (Å²) in [6.07, 6.45) is 1.10. The van der Waals surface area contributed by atoms with Crippen LogP contribution in [0.2, 0.25) is 0 Å². The van der Waals surface area contributed by atoms with Gasteiger partial charge in [-0.2, -0.15) is 5.26 Å². The molecule has 2 unspecified atom stereocenters. The Bertz CT molecular complexity index is 1210. The van der Waals surface area contributed by atoms with Gasteiger partial charge < -0.3 is 9.30 Å². The Hall–Kier alpha value is -3.36. The number of ether oxygens (including phenoxy) is 1. The van der Waals surface area contributed by atoms with Gasteiger partial charge in [0, 0.05) is 49.4 Å². The van der Waals surface area contributed by atoms with Crippen LogP contribution < -0.4 is 10.3 Å². The minimum absolute atomic E-state index is 0.0773. The third-order valence-corrected chi connectivity index (χ3v) is 6.53. The molecule has 0 saturated carbocycles. The number of fused-ring (bicyclic) bond motifs is 4.